The zero-order valence-electron chi connectivity index (χ0n) is 19.0. The average molecular weight is 470 g/mol. The number of hydrogen-bond acceptors (Lipinski definition) is 3. The molecule has 2 aromatic carbocycles. The number of halogens is 1. The molecule has 0 aliphatic heterocycles. The van der Waals surface area contributed by atoms with Gasteiger partial charge in [-0.2, -0.15) is 0 Å². The molecule has 0 aliphatic rings. The van der Waals surface area contributed by atoms with E-state index in [-0.39, 0.29) is 22.0 Å². The van der Waals surface area contributed by atoms with Crippen LogP contribution in [0.3, 0.4) is 0 Å². The third-order valence-electron chi connectivity index (χ3n) is 5.44. The highest BCUT2D eigenvalue weighted by Crippen LogP contribution is 2.33. The van der Waals surface area contributed by atoms with Gasteiger partial charge >= 0.3 is 0 Å². The molecule has 6 heteroatoms. The standard InChI is InChI=1S/C26H28ClNO3S/c1-17(16-32(31)26(2,3)4)22-14-24(29)28(5)15-23(22)20-8-6-7-9-21(20)25(30)18-10-12-19(27)13-11-18/h6-15,17H,16H2,1-5H3/t17-,32-/m1/s1. The Kier molecular flexibility index (Phi) is 7.21. The van der Waals surface area contributed by atoms with Gasteiger partial charge in [0.15, 0.2) is 5.78 Å². The lowest BCUT2D eigenvalue weighted by Gasteiger charge is -2.23. The van der Waals surface area contributed by atoms with Crippen LogP contribution in [-0.4, -0.2) is 25.1 Å². The molecule has 168 valence electrons. The molecule has 2 atom stereocenters. The van der Waals surface area contributed by atoms with E-state index in [0.29, 0.717) is 21.9 Å². The van der Waals surface area contributed by atoms with Crippen molar-refractivity contribution < 1.29 is 9.00 Å². The first-order valence-electron chi connectivity index (χ1n) is 10.5. The summed E-state index contributed by atoms with van der Waals surface area (Å²) in [6.45, 7) is 7.81. The second-order valence-corrected chi connectivity index (χ2v) is 11.7. The second-order valence-electron chi connectivity index (χ2n) is 9.00. The van der Waals surface area contributed by atoms with Crippen molar-refractivity contribution in [2.75, 3.05) is 5.75 Å². The van der Waals surface area contributed by atoms with E-state index in [4.69, 9.17) is 11.6 Å². The minimum absolute atomic E-state index is 0.122. The Morgan fingerprint density at radius 3 is 2.31 bits per heavy atom. The number of pyridine rings is 1. The van der Waals surface area contributed by atoms with E-state index in [2.05, 4.69) is 0 Å². The number of carbonyl (C=O) groups is 1. The van der Waals surface area contributed by atoms with Gasteiger partial charge in [0, 0.05) is 62.3 Å². The molecular weight excluding hydrogens is 442 g/mol. The molecule has 0 N–H and O–H groups in total. The van der Waals surface area contributed by atoms with Crippen molar-refractivity contribution >= 4 is 28.2 Å². The summed E-state index contributed by atoms with van der Waals surface area (Å²) in [5.74, 6) is 0.178. The summed E-state index contributed by atoms with van der Waals surface area (Å²) in [4.78, 5) is 25.8. The molecule has 0 saturated carbocycles. The molecule has 0 radical (unpaired) electrons. The minimum atomic E-state index is -1.08. The van der Waals surface area contributed by atoms with E-state index in [1.165, 1.54) is 4.57 Å². The van der Waals surface area contributed by atoms with Gasteiger partial charge in [-0.25, -0.2) is 0 Å². The number of rotatable bonds is 6. The summed E-state index contributed by atoms with van der Waals surface area (Å²) in [6, 6.07) is 15.8. The molecule has 0 fully saturated rings. The maximum Gasteiger partial charge on any atom is 0.250 e. The fourth-order valence-corrected chi connectivity index (χ4v) is 4.78. The van der Waals surface area contributed by atoms with Crippen LogP contribution in [0.4, 0.5) is 0 Å². The van der Waals surface area contributed by atoms with Crippen molar-refractivity contribution in [3.8, 4) is 11.1 Å². The van der Waals surface area contributed by atoms with Gasteiger partial charge in [-0.05, 0) is 62.1 Å². The smallest absolute Gasteiger partial charge is 0.250 e. The van der Waals surface area contributed by atoms with Crippen molar-refractivity contribution in [2.24, 2.45) is 7.05 Å². The Morgan fingerprint density at radius 1 is 1.06 bits per heavy atom. The molecule has 3 aromatic rings. The summed E-state index contributed by atoms with van der Waals surface area (Å²) in [5.41, 5.74) is 3.27. The van der Waals surface area contributed by atoms with Crippen LogP contribution >= 0.6 is 11.6 Å². The molecule has 0 bridgehead atoms. The molecule has 4 nitrogen and oxygen atoms in total. The summed E-state index contributed by atoms with van der Waals surface area (Å²) < 4.78 is 14.0. The van der Waals surface area contributed by atoms with E-state index in [9.17, 15) is 13.8 Å². The zero-order valence-corrected chi connectivity index (χ0v) is 20.6. The van der Waals surface area contributed by atoms with Crippen molar-refractivity contribution in [3.05, 3.63) is 92.9 Å². The Hall–Kier alpha value is -2.50. The summed E-state index contributed by atoms with van der Waals surface area (Å²) in [7, 11) is 0.613. The molecule has 0 spiro atoms. The first kappa shape index (κ1) is 24.1. The number of aryl methyl sites for hydroxylation is 1. The average Bonchev–Trinajstić information content (AvgIpc) is 2.74. The normalized spacial score (nSPS) is 13.6. The number of nitrogens with zero attached hydrogens (tertiary/aromatic N) is 1. The Bertz CT molecular complexity index is 1220. The molecule has 1 aromatic heterocycles. The monoisotopic (exact) mass is 469 g/mol. The van der Waals surface area contributed by atoms with Gasteiger partial charge in [-0.1, -0.05) is 42.8 Å². The van der Waals surface area contributed by atoms with Crippen molar-refractivity contribution in [3.63, 3.8) is 0 Å². The lowest BCUT2D eigenvalue weighted by Crippen LogP contribution is -2.27. The highest BCUT2D eigenvalue weighted by molar-refractivity contribution is 7.86. The Balaban J connectivity index is 2.13. The second kappa shape index (κ2) is 9.55. The first-order valence-corrected chi connectivity index (χ1v) is 12.2. The first-order chi connectivity index (χ1) is 15.0. The van der Waals surface area contributed by atoms with Crippen molar-refractivity contribution in [2.45, 2.75) is 38.4 Å². The zero-order chi connectivity index (χ0) is 23.6. The maximum absolute atomic E-state index is 13.3. The Morgan fingerprint density at radius 2 is 1.69 bits per heavy atom. The van der Waals surface area contributed by atoms with E-state index in [1.807, 2.05) is 45.9 Å². The van der Waals surface area contributed by atoms with Gasteiger partial charge in [0.05, 0.1) is 0 Å². The molecule has 0 amide bonds. The van der Waals surface area contributed by atoms with Gasteiger partial charge in [0.25, 0.3) is 5.56 Å². The van der Waals surface area contributed by atoms with Crippen LogP contribution in [0.2, 0.25) is 5.02 Å². The van der Waals surface area contributed by atoms with Crippen LogP contribution in [0.1, 0.15) is 55.1 Å². The summed E-state index contributed by atoms with van der Waals surface area (Å²) >= 11 is 5.98. The number of carbonyl (C=O) groups excluding carboxylic acids is 1. The predicted octanol–water partition coefficient (Wildman–Crippen LogP) is 5.59. The van der Waals surface area contributed by atoms with E-state index >= 15 is 0 Å². The summed E-state index contributed by atoms with van der Waals surface area (Å²) in [5, 5.41) is 0.566. The molecule has 0 saturated heterocycles. The van der Waals surface area contributed by atoms with Crippen LogP contribution in [0.5, 0.6) is 0 Å². The van der Waals surface area contributed by atoms with Gasteiger partial charge < -0.3 is 4.57 Å². The third kappa shape index (κ3) is 5.28. The van der Waals surface area contributed by atoms with E-state index in [1.54, 1.807) is 49.6 Å². The number of aromatic nitrogens is 1. The lowest BCUT2D eigenvalue weighted by atomic mass is 9.89. The molecule has 1 heterocycles. The molecule has 0 unspecified atom stereocenters. The van der Waals surface area contributed by atoms with Gasteiger partial charge in [0.2, 0.25) is 0 Å². The maximum atomic E-state index is 13.3. The van der Waals surface area contributed by atoms with Crippen LogP contribution in [0.25, 0.3) is 11.1 Å². The van der Waals surface area contributed by atoms with E-state index < -0.39 is 10.8 Å². The fraction of sp³-hybridized carbons (Fsp3) is 0.308. The SMILES string of the molecule is C[C@H](C[S@@](=O)C(C)(C)C)c1cc(=O)n(C)cc1-c1ccccc1C(=O)c1ccc(Cl)cc1. The fourth-order valence-electron chi connectivity index (χ4n) is 3.52. The van der Waals surface area contributed by atoms with Crippen LogP contribution in [0, 0.1) is 0 Å². The van der Waals surface area contributed by atoms with Gasteiger partial charge in [-0.15, -0.1) is 0 Å². The third-order valence-corrected chi connectivity index (χ3v) is 7.86. The van der Waals surface area contributed by atoms with Crippen LogP contribution in [0.15, 0.2) is 65.6 Å². The number of ketones is 1. The highest BCUT2D eigenvalue weighted by Gasteiger charge is 2.25. The van der Waals surface area contributed by atoms with Crippen LogP contribution in [-0.2, 0) is 17.8 Å². The van der Waals surface area contributed by atoms with Gasteiger partial charge in [-0.3, -0.25) is 13.8 Å². The topological polar surface area (TPSA) is 56.1 Å². The van der Waals surface area contributed by atoms with Crippen molar-refractivity contribution in [1.29, 1.82) is 0 Å². The molecule has 3 rings (SSSR count). The van der Waals surface area contributed by atoms with Gasteiger partial charge in [0.1, 0.15) is 0 Å². The van der Waals surface area contributed by atoms with Crippen molar-refractivity contribution in [1.82, 2.24) is 4.57 Å². The predicted molar refractivity (Wildman–Crippen MR) is 133 cm³/mol. The molecule has 32 heavy (non-hydrogen) atoms. The molecular formula is C26H28ClNO3S. The highest BCUT2D eigenvalue weighted by atomic mass is 35.5. The minimum Gasteiger partial charge on any atom is -0.318 e. The largest absolute Gasteiger partial charge is 0.318 e. The quantitative estimate of drug-likeness (QED) is 0.442. The van der Waals surface area contributed by atoms with Crippen LogP contribution < -0.4 is 5.56 Å². The van der Waals surface area contributed by atoms with E-state index in [0.717, 1.165) is 16.7 Å². The lowest BCUT2D eigenvalue weighted by molar-refractivity contribution is 0.103. The number of hydrogen-bond donors (Lipinski definition) is 0. The summed E-state index contributed by atoms with van der Waals surface area (Å²) in [6.07, 6.45) is 1.77. The molecule has 0 aliphatic carbocycles. The Labute approximate surface area is 196 Å². The number of benzene rings is 2.